The van der Waals surface area contributed by atoms with Crippen LogP contribution in [0.3, 0.4) is 0 Å². The average molecular weight is 277 g/mol. The number of hydrogen-bond acceptors (Lipinski definition) is 2. The van der Waals surface area contributed by atoms with Crippen LogP contribution in [-0.2, 0) is 6.42 Å². The van der Waals surface area contributed by atoms with Gasteiger partial charge in [-0.3, -0.25) is 0 Å². The molecule has 1 aliphatic carbocycles. The molecule has 4 unspecified atom stereocenters. The second-order valence-corrected chi connectivity index (χ2v) is 6.57. The topological polar surface area (TPSA) is 21.3 Å². The van der Waals surface area contributed by atoms with Crippen LogP contribution < -0.4 is 10.1 Å². The van der Waals surface area contributed by atoms with E-state index in [-0.39, 0.29) is 11.9 Å². The molecular weight excluding hydrogens is 253 g/mol. The summed E-state index contributed by atoms with van der Waals surface area (Å²) in [4.78, 5) is 0. The van der Waals surface area contributed by atoms with Crippen LogP contribution in [0.5, 0.6) is 5.75 Å². The SMILES string of the molecule is CC1CCC(NCC2Cc3cc(F)ccc3O2)CC1C. The zero-order chi connectivity index (χ0) is 14.1. The molecule has 1 saturated carbocycles. The van der Waals surface area contributed by atoms with E-state index >= 15 is 0 Å². The van der Waals surface area contributed by atoms with Crippen molar-refractivity contribution in [1.29, 1.82) is 0 Å². The minimum atomic E-state index is -0.170. The average Bonchev–Trinajstić information content (AvgIpc) is 2.82. The van der Waals surface area contributed by atoms with E-state index in [2.05, 4.69) is 19.2 Å². The van der Waals surface area contributed by atoms with Crippen LogP contribution >= 0.6 is 0 Å². The number of halogens is 1. The molecule has 0 amide bonds. The van der Waals surface area contributed by atoms with Gasteiger partial charge in [-0.2, -0.15) is 0 Å². The van der Waals surface area contributed by atoms with E-state index in [0.717, 1.165) is 36.1 Å². The standard InChI is InChI=1S/C17H24FNO/c1-11-3-5-15(7-12(11)2)19-10-16-9-13-8-14(18)4-6-17(13)20-16/h4,6,8,11-12,15-16,19H,3,5,7,9-10H2,1-2H3. The lowest BCUT2D eigenvalue weighted by Gasteiger charge is -2.33. The Hall–Kier alpha value is -1.09. The Balaban J connectivity index is 1.49. The molecule has 1 fully saturated rings. The first-order chi connectivity index (χ1) is 9.61. The molecule has 4 atom stereocenters. The Morgan fingerprint density at radius 3 is 2.90 bits per heavy atom. The molecule has 1 N–H and O–H groups in total. The second-order valence-electron chi connectivity index (χ2n) is 6.57. The summed E-state index contributed by atoms with van der Waals surface area (Å²) >= 11 is 0. The van der Waals surface area contributed by atoms with E-state index in [4.69, 9.17) is 4.74 Å². The molecule has 1 aromatic carbocycles. The first kappa shape index (κ1) is 13.9. The van der Waals surface area contributed by atoms with Crippen molar-refractivity contribution in [3.8, 4) is 5.75 Å². The molecule has 0 bridgehead atoms. The van der Waals surface area contributed by atoms with Crippen molar-refractivity contribution in [2.45, 2.75) is 51.7 Å². The monoisotopic (exact) mass is 277 g/mol. The predicted molar refractivity (Wildman–Crippen MR) is 78.5 cm³/mol. The number of hydrogen-bond donors (Lipinski definition) is 1. The Kier molecular flexibility index (Phi) is 3.97. The molecule has 0 spiro atoms. The summed E-state index contributed by atoms with van der Waals surface area (Å²) in [6.45, 7) is 5.57. The lowest BCUT2D eigenvalue weighted by Crippen LogP contribution is -2.41. The molecule has 0 saturated heterocycles. The number of ether oxygens (including phenoxy) is 1. The van der Waals surface area contributed by atoms with Crippen molar-refractivity contribution in [2.75, 3.05) is 6.54 Å². The van der Waals surface area contributed by atoms with Crippen LogP contribution in [0.2, 0.25) is 0 Å². The molecule has 1 aromatic rings. The maximum Gasteiger partial charge on any atom is 0.123 e. The molecular formula is C17H24FNO. The number of nitrogens with one attached hydrogen (secondary N) is 1. The summed E-state index contributed by atoms with van der Waals surface area (Å²) in [6, 6.07) is 5.43. The van der Waals surface area contributed by atoms with Gasteiger partial charge in [0, 0.05) is 24.6 Å². The minimum Gasteiger partial charge on any atom is -0.488 e. The Labute approximate surface area is 120 Å². The Morgan fingerprint density at radius 1 is 1.25 bits per heavy atom. The highest BCUT2D eigenvalue weighted by atomic mass is 19.1. The van der Waals surface area contributed by atoms with E-state index in [1.54, 1.807) is 12.1 Å². The summed E-state index contributed by atoms with van der Waals surface area (Å²) in [5, 5.41) is 3.65. The molecule has 110 valence electrons. The zero-order valence-electron chi connectivity index (χ0n) is 12.4. The molecule has 1 aliphatic heterocycles. The van der Waals surface area contributed by atoms with Gasteiger partial charge in [-0.05, 0) is 49.3 Å². The summed E-state index contributed by atoms with van der Waals surface area (Å²) in [5.74, 6) is 2.33. The Bertz CT molecular complexity index is 476. The van der Waals surface area contributed by atoms with Crippen LogP contribution in [-0.4, -0.2) is 18.7 Å². The number of benzene rings is 1. The molecule has 0 radical (unpaired) electrons. The molecule has 3 heteroatoms. The second kappa shape index (κ2) is 5.72. The van der Waals surface area contributed by atoms with Crippen molar-refractivity contribution in [3.05, 3.63) is 29.6 Å². The van der Waals surface area contributed by atoms with Crippen molar-refractivity contribution >= 4 is 0 Å². The quantitative estimate of drug-likeness (QED) is 0.912. The van der Waals surface area contributed by atoms with Crippen molar-refractivity contribution in [2.24, 2.45) is 11.8 Å². The van der Waals surface area contributed by atoms with Gasteiger partial charge in [0.05, 0.1) is 0 Å². The van der Waals surface area contributed by atoms with Crippen LogP contribution in [0, 0.1) is 17.7 Å². The highest BCUT2D eigenvalue weighted by Gasteiger charge is 2.27. The molecule has 3 rings (SSSR count). The number of rotatable bonds is 3. The van der Waals surface area contributed by atoms with Gasteiger partial charge in [0.1, 0.15) is 17.7 Å². The summed E-state index contributed by atoms with van der Waals surface area (Å²) in [7, 11) is 0. The van der Waals surface area contributed by atoms with Crippen LogP contribution in [0.15, 0.2) is 18.2 Å². The highest BCUT2D eigenvalue weighted by Crippen LogP contribution is 2.31. The van der Waals surface area contributed by atoms with E-state index < -0.39 is 0 Å². The fourth-order valence-electron chi connectivity index (χ4n) is 3.43. The summed E-state index contributed by atoms with van der Waals surface area (Å²) in [6.07, 6.45) is 4.81. The smallest absolute Gasteiger partial charge is 0.123 e. The van der Waals surface area contributed by atoms with Gasteiger partial charge in [-0.25, -0.2) is 4.39 Å². The van der Waals surface area contributed by atoms with Crippen LogP contribution in [0.1, 0.15) is 38.7 Å². The maximum atomic E-state index is 13.2. The number of fused-ring (bicyclic) bond motifs is 1. The van der Waals surface area contributed by atoms with Gasteiger partial charge in [-0.15, -0.1) is 0 Å². The van der Waals surface area contributed by atoms with Gasteiger partial charge in [0.2, 0.25) is 0 Å². The molecule has 2 nitrogen and oxygen atoms in total. The van der Waals surface area contributed by atoms with E-state index in [0.29, 0.717) is 6.04 Å². The molecule has 2 aliphatic rings. The first-order valence-corrected chi connectivity index (χ1v) is 7.80. The van der Waals surface area contributed by atoms with Crippen molar-refractivity contribution < 1.29 is 9.13 Å². The Morgan fingerprint density at radius 2 is 2.10 bits per heavy atom. The van der Waals surface area contributed by atoms with Crippen LogP contribution in [0.4, 0.5) is 4.39 Å². The van der Waals surface area contributed by atoms with E-state index in [9.17, 15) is 4.39 Å². The fraction of sp³-hybridized carbons (Fsp3) is 0.647. The summed E-state index contributed by atoms with van der Waals surface area (Å²) in [5.41, 5.74) is 1.00. The zero-order valence-corrected chi connectivity index (χ0v) is 12.4. The van der Waals surface area contributed by atoms with Gasteiger partial charge >= 0.3 is 0 Å². The normalized spacial score (nSPS) is 32.8. The third-order valence-electron chi connectivity index (χ3n) is 5.00. The molecule has 20 heavy (non-hydrogen) atoms. The maximum absolute atomic E-state index is 13.2. The van der Waals surface area contributed by atoms with Crippen molar-refractivity contribution in [3.63, 3.8) is 0 Å². The van der Waals surface area contributed by atoms with Gasteiger partial charge < -0.3 is 10.1 Å². The fourth-order valence-corrected chi connectivity index (χ4v) is 3.43. The predicted octanol–water partition coefficient (Wildman–Crippen LogP) is 3.54. The van der Waals surface area contributed by atoms with E-state index in [1.165, 1.54) is 25.3 Å². The molecule has 0 aromatic heterocycles. The third kappa shape index (κ3) is 2.98. The largest absolute Gasteiger partial charge is 0.488 e. The minimum absolute atomic E-state index is 0.154. The van der Waals surface area contributed by atoms with Gasteiger partial charge in [0.15, 0.2) is 0 Å². The van der Waals surface area contributed by atoms with Crippen molar-refractivity contribution in [1.82, 2.24) is 5.32 Å². The first-order valence-electron chi connectivity index (χ1n) is 7.80. The van der Waals surface area contributed by atoms with E-state index in [1.807, 2.05) is 0 Å². The van der Waals surface area contributed by atoms with Crippen LogP contribution in [0.25, 0.3) is 0 Å². The summed E-state index contributed by atoms with van der Waals surface area (Å²) < 4.78 is 19.0. The molecule has 1 heterocycles. The lowest BCUT2D eigenvalue weighted by molar-refractivity contribution is 0.188. The third-order valence-corrected chi connectivity index (χ3v) is 5.00. The van der Waals surface area contributed by atoms with Gasteiger partial charge in [0.25, 0.3) is 0 Å². The highest BCUT2D eigenvalue weighted by molar-refractivity contribution is 5.37. The van der Waals surface area contributed by atoms with Gasteiger partial charge in [-0.1, -0.05) is 13.8 Å². The lowest BCUT2D eigenvalue weighted by atomic mass is 9.79.